The maximum atomic E-state index is 13.1. The van der Waals surface area contributed by atoms with E-state index in [-0.39, 0.29) is 24.8 Å². The van der Waals surface area contributed by atoms with Crippen LogP contribution in [0.3, 0.4) is 0 Å². The largest absolute Gasteiger partial charge is 0.490 e. The summed E-state index contributed by atoms with van der Waals surface area (Å²) in [6.45, 7) is 2.44. The summed E-state index contributed by atoms with van der Waals surface area (Å²) in [7, 11) is 0. The zero-order valence-electron chi connectivity index (χ0n) is 18.2. The number of nitro groups is 1. The van der Waals surface area contributed by atoms with Crippen LogP contribution in [0, 0.1) is 17.0 Å². The molecule has 3 aromatic carbocycles. The Labute approximate surface area is 206 Å². The van der Waals surface area contributed by atoms with E-state index < -0.39 is 4.92 Å². The summed E-state index contributed by atoms with van der Waals surface area (Å²) < 4.78 is 11.9. The fourth-order valence-electron chi connectivity index (χ4n) is 3.32. The molecule has 0 atom stereocenters. The minimum absolute atomic E-state index is 0.103. The molecule has 0 bridgehead atoms. The molecule has 1 heterocycles. The molecule has 4 rings (SSSR count). The molecule has 0 aromatic heterocycles. The van der Waals surface area contributed by atoms with E-state index in [1.54, 1.807) is 6.08 Å². The van der Waals surface area contributed by atoms with E-state index in [0.29, 0.717) is 26.2 Å². The zero-order valence-corrected chi connectivity index (χ0v) is 19.8. The summed E-state index contributed by atoms with van der Waals surface area (Å²) in [5, 5.41) is 11.3. The Kier molecular flexibility index (Phi) is 7.24. The predicted molar refractivity (Wildman–Crippen MR) is 137 cm³/mol. The second-order valence-electron chi connectivity index (χ2n) is 7.35. The Morgan fingerprint density at radius 3 is 2.53 bits per heavy atom. The van der Waals surface area contributed by atoms with Crippen molar-refractivity contribution in [1.82, 2.24) is 0 Å². The number of anilines is 1. The Hall–Kier alpha value is -3.69. The average molecular weight is 493 g/mol. The standard InChI is InChI=1S/C25H20N2O5S2/c1-17-6-5-7-19(14-17)26-24(28)23(34-25(26)33)16-18-15-20(27(29)30)10-11-22(18)32-13-12-31-21-8-3-2-4-9-21/h2-11,14-16H,12-13H2,1H3/b23-16-. The molecule has 7 nitrogen and oxygen atoms in total. The topological polar surface area (TPSA) is 81.9 Å². The minimum atomic E-state index is -0.488. The molecular formula is C25H20N2O5S2. The lowest BCUT2D eigenvalue weighted by atomic mass is 10.1. The normalized spacial score (nSPS) is 14.5. The molecular weight excluding hydrogens is 472 g/mol. The first-order valence-electron chi connectivity index (χ1n) is 10.4. The van der Waals surface area contributed by atoms with Gasteiger partial charge in [-0.05, 0) is 48.9 Å². The number of thioether (sulfide) groups is 1. The number of nitrogens with zero attached hydrogens (tertiary/aromatic N) is 2. The molecule has 9 heteroatoms. The van der Waals surface area contributed by atoms with Crippen LogP contribution < -0.4 is 14.4 Å². The Morgan fingerprint density at radius 1 is 1.03 bits per heavy atom. The van der Waals surface area contributed by atoms with E-state index in [1.807, 2.05) is 61.5 Å². The van der Waals surface area contributed by atoms with Crippen LogP contribution >= 0.6 is 24.0 Å². The Morgan fingerprint density at radius 2 is 1.79 bits per heavy atom. The number of nitro benzene ring substituents is 1. The predicted octanol–water partition coefficient (Wildman–Crippen LogP) is 5.77. The van der Waals surface area contributed by atoms with Gasteiger partial charge < -0.3 is 9.47 Å². The van der Waals surface area contributed by atoms with Crippen molar-refractivity contribution in [2.45, 2.75) is 6.92 Å². The number of para-hydroxylation sites is 1. The average Bonchev–Trinajstić information content (AvgIpc) is 3.10. The van der Waals surface area contributed by atoms with Gasteiger partial charge in [0, 0.05) is 17.7 Å². The summed E-state index contributed by atoms with van der Waals surface area (Å²) in [6.07, 6.45) is 1.58. The van der Waals surface area contributed by atoms with Crippen molar-refractivity contribution in [3.05, 3.63) is 98.9 Å². The van der Waals surface area contributed by atoms with E-state index in [1.165, 1.54) is 23.1 Å². The van der Waals surface area contributed by atoms with E-state index in [9.17, 15) is 14.9 Å². The second kappa shape index (κ2) is 10.5. The maximum absolute atomic E-state index is 13.1. The highest BCUT2D eigenvalue weighted by Crippen LogP contribution is 2.38. The van der Waals surface area contributed by atoms with Crippen LogP contribution in [-0.2, 0) is 4.79 Å². The molecule has 0 aliphatic carbocycles. The van der Waals surface area contributed by atoms with Gasteiger partial charge in [0.25, 0.3) is 11.6 Å². The van der Waals surface area contributed by atoms with Crippen LogP contribution in [0.2, 0.25) is 0 Å². The minimum Gasteiger partial charge on any atom is -0.490 e. The van der Waals surface area contributed by atoms with Crippen LogP contribution in [0.1, 0.15) is 11.1 Å². The smallest absolute Gasteiger partial charge is 0.270 e. The van der Waals surface area contributed by atoms with Gasteiger partial charge in [-0.1, -0.05) is 54.3 Å². The molecule has 0 N–H and O–H groups in total. The lowest BCUT2D eigenvalue weighted by molar-refractivity contribution is -0.384. The van der Waals surface area contributed by atoms with E-state index in [0.717, 1.165) is 23.1 Å². The highest BCUT2D eigenvalue weighted by molar-refractivity contribution is 8.27. The second-order valence-corrected chi connectivity index (χ2v) is 9.02. The first kappa shape index (κ1) is 23.5. The van der Waals surface area contributed by atoms with Crippen LogP contribution in [0.25, 0.3) is 6.08 Å². The first-order valence-corrected chi connectivity index (χ1v) is 11.6. The van der Waals surface area contributed by atoms with Crippen LogP contribution in [0.4, 0.5) is 11.4 Å². The highest BCUT2D eigenvalue weighted by Gasteiger charge is 2.33. The van der Waals surface area contributed by atoms with Crippen molar-refractivity contribution in [3.8, 4) is 11.5 Å². The number of thiocarbonyl (C=S) groups is 1. The fraction of sp³-hybridized carbons (Fsp3) is 0.120. The molecule has 0 radical (unpaired) electrons. The summed E-state index contributed by atoms with van der Waals surface area (Å²) >= 11 is 6.58. The third-order valence-electron chi connectivity index (χ3n) is 4.90. The molecule has 1 saturated heterocycles. The molecule has 1 aliphatic heterocycles. The SMILES string of the molecule is Cc1cccc(N2C(=O)/C(=C/c3cc([N+](=O)[O-])ccc3OCCOc3ccccc3)SC2=S)c1. The Bertz CT molecular complexity index is 1280. The molecule has 3 aromatic rings. The van der Waals surface area contributed by atoms with Gasteiger partial charge in [-0.25, -0.2) is 0 Å². The zero-order chi connectivity index (χ0) is 24.1. The molecule has 1 amide bonds. The molecule has 1 fully saturated rings. The summed E-state index contributed by atoms with van der Waals surface area (Å²) in [6, 6.07) is 21.1. The summed E-state index contributed by atoms with van der Waals surface area (Å²) in [5.41, 5.74) is 1.99. The number of aryl methyl sites for hydroxylation is 1. The molecule has 34 heavy (non-hydrogen) atoms. The fourth-order valence-corrected chi connectivity index (χ4v) is 4.61. The monoisotopic (exact) mass is 492 g/mol. The van der Waals surface area contributed by atoms with Crippen LogP contribution in [0.15, 0.2) is 77.7 Å². The van der Waals surface area contributed by atoms with Crippen LogP contribution in [0.5, 0.6) is 11.5 Å². The summed E-state index contributed by atoms with van der Waals surface area (Å²) in [4.78, 5) is 25.8. The summed E-state index contributed by atoms with van der Waals surface area (Å²) in [5.74, 6) is 0.836. The van der Waals surface area contributed by atoms with E-state index in [2.05, 4.69) is 0 Å². The van der Waals surface area contributed by atoms with Crippen molar-refractivity contribution >= 4 is 51.7 Å². The van der Waals surface area contributed by atoms with Gasteiger partial charge >= 0.3 is 0 Å². The van der Waals surface area contributed by atoms with Gasteiger partial charge in [0.05, 0.1) is 15.5 Å². The number of benzene rings is 3. The number of carbonyl (C=O) groups is 1. The first-order chi connectivity index (χ1) is 16.4. The third kappa shape index (κ3) is 5.44. The lowest BCUT2D eigenvalue weighted by Gasteiger charge is -2.15. The quantitative estimate of drug-likeness (QED) is 0.130. The number of ether oxygens (including phenoxy) is 2. The van der Waals surface area contributed by atoms with Crippen molar-refractivity contribution in [3.63, 3.8) is 0 Å². The van der Waals surface area contributed by atoms with Gasteiger partial charge in [0.2, 0.25) is 0 Å². The van der Waals surface area contributed by atoms with Crippen LogP contribution in [-0.4, -0.2) is 28.4 Å². The Balaban J connectivity index is 1.55. The van der Waals surface area contributed by atoms with Gasteiger partial charge in [0.15, 0.2) is 4.32 Å². The van der Waals surface area contributed by atoms with Gasteiger partial charge in [0.1, 0.15) is 24.7 Å². The van der Waals surface area contributed by atoms with Gasteiger partial charge in [-0.3, -0.25) is 19.8 Å². The molecule has 0 unspecified atom stereocenters. The molecule has 1 aliphatic rings. The number of non-ortho nitro benzene ring substituents is 1. The maximum Gasteiger partial charge on any atom is 0.270 e. The number of hydrogen-bond acceptors (Lipinski definition) is 7. The number of carbonyl (C=O) groups excluding carboxylic acids is 1. The molecule has 0 spiro atoms. The van der Waals surface area contributed by atoms with Crippen molar-refractivity contribution in [2.24, 2.45) is 0 Å². The van der Waals surface area contributed by atoms with Gasteiger partial charge in [-0.15, -0.1) is 0 Å². The number of amides is 1. The van der Waals surface area contributed by atoms with Crippen molar-refractivity contribution < 1.29 is 19.2 Å². The third-order valence-corrected chi connectivity index (χ3v) is 6.20. The van der Waals surface area contributed by atoms with Gasteiger partial charge in [-0.2, -0.15) is 0 Å². The van der Waals surface area contributed by atoms with Crippen molar-refractivity contribution in [2.75, 3.05) is 18.1 Å². The molecule has 172 valence electrons. The molecule has 0 saturated carbocycles. The number of rotatable bonds is 8. The van der Waals surface area contributed by atoms with E-state index in [4.69, 9.17) is 21.7 Å². The van der Waals surface area contributed by atoms with E-state index >= 15 is 0 Å². The number of hydrogen-bond donors (Lipinski definition) is 0. The van der Waals surface area contributed by atoms with Crippen molar-refractivity contribution in [1.29, 1.82) is 0 Å². The lowest BCUT2D eigenvalue weighted by Crippen LogP contribution is -2.27. The highest BCUT2D eigenvalue weighted by atomic mass is 32.2.